The highest BCUT2D eigenvalue weighted by Crippen LogP contribution is 2.30. The van der Waals surface area contributed by atoms with Gasteiger partial charge in [-0.05, 0) is 42.7 Å². The summed E-state index contributed by atoms with van der Waals surface area (Å²) in [6, 6.07) is 16.7. The predicted molar refractivity (Wildman–Crippen MR) is 150 cm³/mol. The second-order valence-corrected chi connectivity index (χ2v) is 12.7. The number of hydrogen-bond donors (Lipinski definition) is 1. The average molecular weight is 561 g/mol. The molecule has 1 aliphatic heterocycles. The van der Waals surface area contributed by atoms with Gasteiger partial charge in [-0.25, -0.2) is 13.4 Å². The van der Waals surface area contributed by atoms with Gasteiger partial charge in [-0.15, -0.1) is 23.7 Å². The van der Waals surface area contributed by atoms with Gasteiger partial charge in [-0.2, -0.15) is 4.31 Å². The minimum Gasteiger partial charge on any atom is -0.298 e. The third-order valence-corrected chi connectivity index (χ3v) is 10.1. The van der Waals surface area contributed by atoms with Crippen LogP contribution in [0.15, 0.2) is 59.5 Å². The molecular formula is C27H33ClN4O3S2. The maximum absolute atomic E-state index is 13.1. The number of benzene rings is 2. The first kappa shape index (κ1) is 27.7. The third-order valence-electron chi connectivity index (χ3n) is 7.16. The summed E-state index contributed by atoms with van der Waals surface area (Å²) in [5.74, 6) is -0.285. The maximum atomic E-state index is 13.1. The van der Waals surface area contributed by atoms with Gasteiger partial charge < -0.3 is 0 Å². The molecule has 1 fully saturated rings. The molecule has 2 aromatic carbocycles. The molecule has 1 amide bonds. The molecule has 3 aromatic rings. The zero-order chi connectivity index (χ0) is 25.1. The Bertz CT molecular complexity index is 1310. The van der Waals surface area contributed by atoms with E-state index in [0.717, 1.165) is 57.4 Å². The van der Waals surface area contributed by atoms with Crippen LogP contribution >= 0.6 is 23.7 Å². The fourth-order valence-electron chi connectivity index (χ4n) is 5.03. The fraction of sp³-hybridized carbons (Fsp3) is 0.407. The van der Waals surface area contributed by atoms with Crippen LogP contribution < -0.4 is 5.32 Å². The summed E-state index contributed by atoms with van der Waals surface area (Å²) in [5.41, 5.74) is 2.74. The molecule has 0 radical (unpaired) electrons. The van der Waals surface area contributed by atoms with Crippen molar-refractivity contribution < 1.29 is 13.2 Å². The number of nitrogens with one attached hydrogen (secondary N) is 1. The number of carbonyl (C=O) groups excluding carboxylic acids is 1. The van der Waals surface area contributed by atoms with E-state index in [4.69, 9.17) is 0 Å². The van der Waals surface area contributed by atoms with Crippen LogP contribution in [-0.4, -0.2) is 48.1 Å². The number of nitrogens with zero attached hydrogens (tertiary/aromatic N) is 3. The normalized spacial score (nSPS) is 16.7. The van der Waals surface area contributed by atoms with Crippen molar-refractivity contribution in [3.05, 3.63) is 76.3 Å². The molecule has 0 spiro atoms. The molecular weight excluding hydrogens is 528 g/mol. The Balaban J connectivity index is 0.00000320. The lowest BCUT2D eigenvalue weighted by molar-refractivity contribution is 0.102. The number of hydrogen-bond acceptors (Lipinski definition) is 6. The smallest absolute Gasteiger partial charge is 0.257 e. The maximum Gasteiger partial charge on any atom is 0.257 e. The van der Waals surface area contributed by atoms with Gasteiger partial charge >= 0.3 is 0 Å². The summed E-state index contributed by atoms with van der Waals surface area (Å²) in [6.07, 6.45) is 5.96. The van der Waals surface area contributed by atoms with E-state index in [0.29, 0.717) is 10.7 Å². The second kappa shape index (κ2) is 12.0. The van der Waals surface area contributed by atoms with E-state index < -0.39 is 10.0 Å². The van der Waals surface area contributed by atoms with Crippen LogP contribution in [0.5, 0.6) is 0 Å². The van der Waals surface area contributed by atoms with Crippen LogP contribution in [0.1, 0.15) is 58.6 Å². The highest BCUT2D eigenvalue weighted by atomic mass is 35.5. The lowest BCUT2D eigenvalue weighted by Crippen LogP contribution is -2.38. The summed E-state index contributed by atoms with van der Waals surface area (Å²) in [6.45, 7) is 2.65. The summed E-state index contributed by atoms with van der Waals surface area (Å²) in [7, 11) is -1.92. The average Bonchev–Trinajstić information content (AvgIpc) is 3.31. The molecule has 0 unspecified atom stereocenters. The van der Waals surface area contributed by atoms with Gasteiger partial charge in [0.25, 0.3) is 5.91 Å². The largest absolute Gasteiger partial charge is 0.298 e. The van der Waals surface area contributed by atoms with Crippen molar-refractivity contribution in [2.24, 2.45) is 0 Å². The van der Waals surface area contributed by atoms with Crippen LogP contribution in [0.4, 0.5) is 5.13 Å². The van der Waals surface area contributed by atoms with E-state index in [-0.39, 0.29) is 29.3 Å². The molecule has 0 atom stereocenters. The number of carbonyl (C=O) groups is 1. The lowest BCUT2D eigenvalue weighted by atomic mass is 9.96. The fourth-order valence-corrected chi connectivity index (χ4v) is 7.49. The van der Waals surface area contributed by atoms with Crippen molar-refractivity contribution in [2.45, 2.75) is 62.6 Å². The predicted octanol–water partition coefficient (Wildman–Crippen LogP) is 5.33. The molecule has 0 saturated heterocycles. The van der Waals surface area contributed by atoms with E-state index in [1.165, 1.54) is 44.6 Å². The van der Waals surface area contributed by atoms with Crippen molar-refractivity contribution >= 4 is 44.8 Å². The van der Waals surface area contributed by atoms with Gasteiger partial charge in [0.1, 0.15) is 0 Å². The van der Waals surface area contributed by atoms with E-state index >= 15 is 0 Å². The molecule has 10 heteroatoms. The number of halogens is 1. The summed E-state index contributed by atoms with van der Waals surface area (Å²) >= 11 is 1.51. The quantitative estimate of drug-likeness (QED) is 0.422. The van der Waals surface area contributed by atoms with Gasteiger partial charge in [0.15, 0.2) is 5.13 Å². The van der Waals surface area contributed by atoms with Crippen LogP contribution in [0.25, 0.3) is 0 Å². The third kappa shape index (κ3) is 6.41. The standard InChI is InChI=1S/C27H32N4O3S2.ClH/c1-30(22-10-6-3-7-11-22)36(33,34)23-14-12-21(13-15-23)26(32)29-27-28-24-16-17-31(19-25(24)35-27)18-20-8-4-2-5-9-20;/h2,4-5,8-9,12-15,22H,3,6-7,10-11,16-19H2,1H3,(H,28,29,32);1H. The second-order valence-electron chi connectivity index (χ2n) is 9.63. The molecule has 198 valence electrons. The first-order valence-electron chi connectivity index (χ1n) is 12.5. The number of sulfonamides is 1. The van der Waals surface area contributed by atoms with Crippen molar-refractivity contribution in [2.75, 3.05) is 18.9 Å². The van der Waals surface area contributed by atoms with E-state index in [2.05, 4.69) is 39.5 Å². The minimum atomic E-state index is -3.58. The Hall–Kier alpha value is -2.30. The molecule has 1 saturated carbocycles. The Labute approximate surface area is 229 Å². The number of thiazole rings is 1. The SMILES string of the molecule is CN(C1CCCCC1)S(=O)(=O)c1ccc(C(=O)Nc2nc3c(s2)CN(Cc2ccccc2)CC3)cc1.Cl. The molecule has 5 rings (SSSR count). The van der Waals surface area contributed by atoms with Crippen LogP contribution in [0, 0.1) is 0 Å². The molecule has 37 heavy (non-hydrogen) atoms. The van der Waals surface area contributed by atoms with Gasteiger partial charge in [-0.1, -0.05) is 49.6 Å². The molecule has 0 bridgehead atoms. The van der Waals surface area contributed by atoms with E-state index in [9.17, 15) is 13.2 Å². The van der Waals surface area contributed by atoms with Crippen LogP contribution in [0.2, 0.25) is 0 Å². The van der Waals surface area contributed by atoms with E-state index in [1.807, 2.05) is 6.07 Å². The Morgan fingerprint density at radius 3 is 2.49 bits per heavy atom. The number of rotatable bonds is 7. The molecule has 1 N–H and O–H groups in total. The summed E-state index contributed by atoms with van der Waals surface area (Å²) in [5, 5.41) is 3.49. The number of amides is 1. The molecule has 7 nitrogen and oxygen atoms in total. The van der Waals surface area contributed by atoms with E-state index in [1.54, 1.807) is 19.2 Å². The first-order chi connectivity index (χ1) is 17.4. The molecule has 1 aliphatic carbocycles. The van der Waals surface area contributed by atoms with Crippen LogP contribution in [-0.2, 0) is 29.5 Å². The highest BCUT2D eigenvalue weighted by molar-refractivity contribution is 7.89. The molecule has 2 aliphatic rings. The minimum absolute atomic E-state index is 0. The lowest BCUT2D eigenvalue weighted by Gasteiger charge is -2.30. The topological polar surface area (TPSA) is 82.6 Å². The number of fused-ring (bicyclic) bond motifs is 1. The zero-order valence-corrected chi connectivity index (χ0v) is 23.4. The van der Waals surface area contributed by atoms with Gasteiger partial charge in [0.05, 0.1) is 10.6 Å². The van der Waals surface area contributed by atoms with Crippen molar-refractivity contribution in [3.8, 4) is 0 Å². The van der Waals surface area contributed by atoms with Crippen molar-refractivity contribution in [3.63, 3.8) is 0 Å². The number of anilines is 1. The van der Waals surface area contributed by atoms with Crippen molar-refractivity contribution in [1.82, 2.24) is 14.2 Å². The van der Waals surface area contributed by atoms with Gasteiger partial charge in [0.2, 0.25) is 10.0 Å². The van der Waals surface area contributed by atoms with Crippen LogP contribution in [0.3, 0.4) is 0 Å². The van der Waals surface area contributed by atoms with Gasteiger partial charge in [0, 0.05) is 49.6 Å². The Kier molecular flexibility index (Phi) is 9.03. The first-order valence-corrected chi connectivity index (χ1v) is 14.8. The molecule has 2 heterocycles. The Morgan fingerprint density at radius 1 is 1.08 bits per heavy atom. The monoisotopic (exact) mass is 560 g/mol. The summed E-state index contributed by atoms with van der Waals surface area (Å²) in [4.78, 5) is 21.3. The molecule has 1 aromatic heterocycles. The number of aromatic nitrogens is 1. The summed E-state index contributed by atoms with van der Waals surface area (Å²) < 4.78 is 27.6. The zero-order valence-electron chi connectivity index (χ0n) is 20.9. The van der Waals surface area contributed by atoms with Crippen molar-refractivity contribution in [1.29, 1.82) is 0 Å². The van der Waals surface area contributed by atoms with Gasteiger partial charge in [-0.3, -0.25) is 15.0 Å². The highest BCUT2D eigenvalue weighted by Gasteiger charge is 2.29. The Morgan fingerprint density at radius 2 is 1.78 bits per heavy atom.